The van der Waals surface area contributed by atoms with Gasteiger partial charge in [0, 0.05) is 37.5 Å². The van der Waals surface area contributed by atoms with Crippen molar-refractivity contribution in [1.29, 1.82) is 0 Å². The number of nitrogens with two attached hydrogens (primary N) is 1. The summed E-state index contributed by atoms with van der Waals surface area (Å²) in [6.45, 7) is 9.93. The fourth-order valence-corrected chi connectivity index (χ4v) is 8.69. The Kier molecular flexibility index (Phi) is 26.7. The topological polar surface area (TPSA) is 332 Å². The van der Waals surface area contributed by atoms with Crippen LogP contribution in [-0.4, -0.2) is 178 Å². The molecule has 3 heterocycles. The number of hydrogen-bond donors (Lipinski definition) is 13. The summed E-state index contributed by atoms with van der Waals surface area (Å²) in [6, 6.07) is -1.86. The molecule has 0 radical (unpaired) electrons. The Morgan fingerprint density at radius 3 is 1.87 bits per heavy atom. The highest BCUT2D eigenvalue weighted by Crippen LogP contribution is 2.38. The molecule has 0 aromatic rings. The third-order valence-corrected chi connectivity index (χ3v) is 13.4. The number of nitrogens with one attached hydrogen (secondary N) is 1. The van der Waals surface area contributed by atoms with Crippen molar-refractivity contribution in [1.82, 2.24) is 5.32 Å². The highest BCUT2D eigenvalue weighted by atomic mass is 16.7. The Balaban J connectivity index is 1.95. The molecule has 3 rings (SSSR count). The van der Waals surface area contributed by atoms with Crippen molar-refractivity contribution in [3.05, 3.63) is 85.1 Å². The molecule has 71 heavy (non-hydrogen) atoms. The number of hydrogen-bond acceptors (Lipinski definition) is 18. The van der Waals surface area contributed by atoms with Gasteiger partial charge in [0.1, 0.15) is 12.2 Å². The zero-order valence-electron chi connectivity index (χ0n) is 41.9. The van der Waals surface area contributed by atoms with Crippen molar-refractivity contribution in [2.24, 2.45) is 29.4 Å². The molecule has 2 fully saturated rings. The van der Waals surface area contributed by atoms with E-state index in [1.165, 1.54) is 0 Å². The van der Waals surface area contributed by atoms with Crippen LogP contribution in [0.25, 0.3) is 0 Å². The second kappa shape index (κ2) is 30.7. The molecule has 2 saturated heterocycles. The smallest absolute Gasteiger partial charge is 0.308 e. The van der Waals surface area contributed by atoms with Gasteiger partial charge in [-0.05, 0) is 39.0 Å². The molecular formula is C52H84N2O17. The van der Waals surface area contributed by atoms with Crippen molar-refractivity contribution >= 4 is 11.9 Å². The largest absolute Gasteiger partial charge is 0.462 e. The number of amides is 1. The maximum atomic E-state index is 14.0. The Hall–Kier alpha value is -3.48. The van der Waals surface area contributed by atoms with Crippen molar-refractivity contribution in [2.75, 3.05) is 6.61 Å². The fourth-order valence-electron chi connectivity index (χ4n) is 8.69. The van der Waals surface area contributed by atoms with Crippen LogP contribution in [0.3, 0.4) is 0 Å². The summed E-state index contributed by atoms with van der Waals surface area (Å²) >= 11 is 0. The van der Waals surface area contributed by atoms with Gasteiger partial charge >= 0.3 is 5.97 Å². The van der Waals surface area contributed by atoms with Crippen LogP contribution in [0.5, 0.6) is 0 Å². The number of esters is 1. The Bertz CT molecular complexity index is 1810. The first kappa shape index (κ1) is 61.8. The van der Waals surface area contributed by atoms with Gasteiger partial charge in [0.25, 0.3) is 0 Å². The summed E-state index contributed by atoms with van der Waals surface area (Å²) in [6.07, 6.45) is 4.06. The number of carbonyl (C=O) groups is 2. The normalized spacial score (nSPS) is 43.2. The summed E-state index contributed by atoms with van der Waals surface area (Å²) in [5.41, 5.74) is 6.11. The molecule has 0 spiro atoms. The number of aliphatic hydroxyl groups excluding tert-OH is 10. The van der Waals surface area contributed by atoms with Gasteiger partial charge in [0.2, 0.25) is 5.91 Å². The SMILES string of the molecule is CC(C)[C@@H](CO)NC(=O)C1[C@@H]2CC(O[C@@H]3O[C@H](C)[C@@H](O)[C@H](N)[C@@H]3O)/C=C/C=C/C=C/C=C/C=C/C=C/C=C/[C@H](C)C(O)[C@@H](C)[C@H](C)OC(=O)CC(O)CC(O)CCC(O)C(O)C[C@H](O)CC(O)(C[C@@H]1O)O2. The molecule has 0 saturated carbocycles. The minimum absolute atomic E-state index is 0.106. The Labute approximate surface area is 418 Å². The summed E-state index contributed by atoms with van der Waals surface area (Å²) in [5, 5.41) is 123. The lowest BCUT2D eigenvalue weighted by Gasteiger charge is -2.46. The zero-order valence-corrected chi connectivity index (χ0v) is 41.9. The molecule has 404 valence electrons. The number of cyclic esters (lactones) is 1. The second-order valence-corrected chi connectivity index (χ2v) is 19.8. The monoisotopic (exact) mass is 1010 g/mol. The van der Waals surface area contributed by atoms with Crippen LogP contribution in [0, 0.1) is 23.7 Å². The van der Waals surface area contributed by atoms with Crippen LogP contribution in [0.2, 0.25) is 0 Å². The second-order valence-electron chi connectivity index (χ2n) is 19.8. The van der Waals surface area contributed by atoms with Gasteiger partial charge < -0.3 is 86.2 Å². The van der Waals surface area contributed by atoms with Crippen LogP contribution in [0.4, 0.5) is 0 Å². The van der Waals surface area contributed by atoms with Crippen LogP contribution in [0.15, 0.2) is 85.1 Å². The number of ether oxygens (including phenoxy) is 4. The molecule has 3 aliphatic rings. The molecule has 0 aliphatic carbocycles. The quantitative estimate of drug-likeness (QED) is 0.163. The highest BCUT2D eigenvalue weighted by Gasteiger charge is 2.51. The van der Waals surface area contributed by atoms with Gasteiger partial charge in [-0.3, -0.25) is 9.59 Å². The van der Waals surface area contributed by atoms with E-state index < -0.39 is 160 Å². The molecule has 1 amide bonds. The lowest BCUT2D eigenvalue weighted by molar-refractivity contribution is -0.307. The molecular weight excluding hydrogens is 925 g/mol. The maximum absolute atomic E-state index is 14.0. The first-order valence-electron chi connectivity index (χ1n) is 24.8. The predicted octanol–water partition coefficient (Wildman–Crippen LogP) is 0.760. The Morgan fingerprint density at radius 2 is 1.30 bits per heavy atom. The molecule has 20 atom stereocenters. The average molecular weight is 1010 g/mol. The van der Waals surface area contributed by atoms with Crippen LogP contribution >= 0.6 is 0 Å². The van der Waals surface area contributed by atoms with Crippen LogP contribution in [-0.2, 0) is 28.5 Å². The minimum atomic E-state index is -2.31. The molecule has 0 aromatic carbocycles. The number of fused-ring (bicyclic) bond motifs is 2. The van der Waals surface area contributed by atoms with E-state index in [1.54, 1.807) is 89.3 Å². The van der Waals surface area contributed by atoms with Crippen molar-refractivity contribution < 1.29 is 84.7 Å². The average Bonchev–Trinajstić information content (AvgIpc) is 3.29. The third kappa shape index (κ3) is 20.8. The highest BCUT2D eigenvalue weighted by molar-refractivity contribution is 5.80. The van der Waals surface area contributed by atoms with Gasteiger partial charge in [0.15, 0.2) is 12.1 Å². The Morgan fingerprint density at radius 1 is 0.718 bits per heavy atom. The van der Waals surface area contributed by atoms with E-state index in [0.717, 1.165) is 0 Å². The summed E-state index contributed by atoms with van der Waals surface area (Å²) in [5.74, 6) is -6.07. The van der Waals surface area contributed by atoms with Gasteiger partial charge in [-0.1, -0.05) is 113 Å². The van der Waals surface area contributed by atoms with Gasteiger partial charge in [-0.15, -0.1) is 0 Å². The van der Waals surface area contributed by atoms with E-state index >= 15 is 0 Å². The maximum Gasteiger partial charge on any atom is 0.308 e. The fraction of sp³-hybridized carbons (Fsp3) is 0.692. The van der Waals surface area contributed by atoms with E-state index in [1.807, 2.05) is 37.3 Å². The molecule has 8 unspecified atom stereocenters. The molecule has 19 heteroatoms. The van der Waals surface area contributed by atoms with E-state index in [0.29, 0.717) is 0 Å². The molecule has 19 nitrogen and oxygen atoms in total. The van der Waals surface area contributed by atoms with Crippen molar-refractivity contribution in [2.45, 2.75) is 196 Å². The first-order valence-corrected chi connectivity index (χ1v) is 24.8. The van der Waals surface area contributed by atoms with Gasteiger partial charge in [-0.2, -0.15) is 0 Å². The van der Waals surface area contributed by atoms with E-state index in [-0.39, 0.29) is 37.5 Å². The van der Waals surface area contributed by atoms with E-state index in [4.69, 9.17) is 24.7 Å². The number of rotatable bonds is 6. The lowest BCUT2D eigenvalue weighted by Crippen LogP contribution is -2.62. The first-order chi connectivity index (χ1) is 33.5. The summed E-state index contributed by atoms with van der Waals surface area (Å²) < 4.78 is 23.7. The summed E-state index contributed by atoms with van der Waals surface area (Å²) in [7, 11) is 0. The van der Waals surface area contributed by atoms with Gasteiger partial charge in [-0.25, -0.2) is 0 Å². The van der Waals surface area contributed by atoms with Crippen LogP contribution in [0.1, 0.15) is 92.9 Å². The summed E-state index contributed by atoms with van der Waals surface area (Å²) in [4.78, 5) is 26.6. The molecule has 2 bridgehead atoms. The van der Waals surface area contributed by atoms with Crippen LogP contribution < -0.4 is 11.1 Å². The van der Waals surface area contributed by atoms with Crippen molar-refractivity contribution in [3.63, 3.8) is 0 Å². The lowest BCUT2D eigenvalue weighted by atomic mass is 9.81. The van der Waals surface area contributed by atoms with Crippen molar-refractivity contribution in [3.8, 4) is 0 Å². The number of aliphatic hydroxyl groups is 11. The minimum Gasteiger partial charge on any atom is -0.462 e. The number of allylic oxidation sites excluding steroid dienone is 12. The predicted molar refractivity (Wildman–Crippen MR) is 263 cm³/mol. The van der Waals surface area contributed by atoms with E-state index in [9.17, 15) is 65.8 Å². The molecule has 14 N–H and O–H groups in total. The van der Waals surface area contributed by atoms with Gasteiger partial charge in [0.05, 0.1) is 98.2 Å². The zero-order chi connectivity index (χ0) is 53.0. The third-order valence-electron chi connectivity index (χ3n) is 13.4. The standard InChI is InChI=1S/C52H84N2O17/c1-30(2)39(29-55)54-50(66)45-42(61)28-52(67)27-37(58)24-41(60)40(59)22-21-35(56)23-36(57)25-44(62)68-33(5)32(4)47(63)31(3)19-17-15-13-11-9-7-8-10-12-14-16-18-20-38(26-43(45)71-52)70-51-49(65)46(53)48(64)34(6)69-51/h7-20,30-43,45-49,51,55-61,63-65,67H,21-29,53H2,1-6H3,(H,54,66)/b8-7+,11-9+,12-10+,15-13+,16-14+,19-17+,20-18+/t31-,32-,33-,34+,35?,36?,37-,38?,39+,40?,41?,42-,43-,45?,46-,47?,48+,49-,51-,52?/m0/s1. The van der Waals surface area contributed by atoms with E-state index in [2.05, 4.69) is 5.32 Å². The molecule has 3 aliphatic heterocycles. The number of carbonyl (C=O) groups excluding carboxylic acids is 2. The molecule has 0 aromatic heterocycles.